The first-order valence-corrected chi connectivity index (χ1v) is 10.4. The van der Waals surface area contributed by atoms with E-state index in [0.29, 0.717) is 29.4 Å². The Morgan fingerprint density at radius 2 is 1.55 bits per heavy atom. The molecule has 0 unspecified atom stereocenters. The zero-order valence-corrected chi connectivity index (χ0v) is 17.7. The van der Waals surface area contributed by atoms with Crippen molar-refractivity contribution in [2.45, 2.75) is 18.7 Å². The Kier molecular flexibility index (Phi) is 7.60. The van der Waals surface area contributed by atoms with Crippen molar-refractivity contribution in [1.82, 2.24) is 9.73 Å². The van der Waals surface area contributed by atoms with Gasteiger partial charge in [-0.05, 0) is 67.9 Å². The van der Waals surface area contributed by atoms with Crippen molar-refractivity contribution in [2.24, 2.45) is 5.10 Å². The smallest absolute Gasteiger partial charge is 0.276 e. The van der Waals surface area contributed by atoms with E-state index in [0.717, 1.165) is 0 Å². The van der Waals surface area contributed by atoms with E-state index in [1.165, 1.54) is 17.0 Å². The van der Waals surface area contributed by atoms with E-state index in [4.69, 9.17) is 9.47 Å². The molecule has 1 N–H and O–H groups in total. The van der Waals surface area contributed by atoms with Crippen molar-refractivity contribution in [2.75, 3.05) is 27.3 Å². The summed E-state index contributed by atoms with van der Waals surface area (Å²) in [5.41, 5.74) is 1.20. The Balaban J connectivity index is 2.01. The minimum absolute atomic E-state index is 0.0543. The van der Waals surface area contributed by atoms with Crippen LogP contribution in [-0.2, 0) is 14.8 Å². The fourth-order valence-corrected chi connectivity index (χ4v) is 3.05. The van der Waals surface area contributed by atoms with Gasteiger partial charge in [0.15, 0.2) is 6.61 Å². The van der Waals surface area contributed by atoms with E-state index in [1.807, 2.05) is 6.92 Å². The number of nitrogens with zero attached hydrogens (tertiary/aromatic N) is 2. The number of rotatable bonds is 9. The molecule has 1 amide bonds. The first-order valence-electron chi connectivity index (χ1n) is 8.95. The second-order valence-electron chi connectivity index (χ2n) is 6.30. The Morgan fingerprint density at radius 1 is 1.00 bits per heavy atom. The lowest BCUT2D eigenvalue weighted by molar-refractivity contribution is -0.130. The van der Waals surface area contributed by atoms with Crippen LogP contribution in [0.3, 0.4) is 0 Å². The molecule has 0 heterocycles. The fourth-order valence-electron chi connectivity index (χ4n) is 2.19. The second-order valence-corrected chi connectivity index (χ2v) is 7.96. The highest BCUT2D eigenvalue weighted by Crippen LogP contribution is 2.16. The molecule has 0 aliphatic heterocycles. The number of ether oxygens (including phenoxy) is 2. The molecule has 0 atom stereocenters. The predicted octanol–water partition coefficient (Wildman–Crippen LogP) is 2.25. The van der Waals surface area contributed by atoms with Gasteiger partial charge in [0.25, 0.3) is 15.9 Å². The summed E-state index contributed by atoms with van der Waals surface area (Å²) in [6, 6.07) is 13.0. The van der Waals surface area contributed by atoms with Crippen LogP contribution < -0.4 is 14.3 Å². The van der Waals surface area contributed by atoms with E-state index in [2.05, 4.69) is 9.93 Å². The lowest BCUT2D eigenvalue weighted by Gasteiger charge is -2.11. The van der Waals surface area contributed by atoms with Crippen LogP contribution in [0.2, 0.25) is 0 Å². The van der Waals surface area contributed by atoms with Crippen LogP contribution in [0, 0.1) is 0 Å². The number of likely N-dealkylation sites (N-methyl/N-ethyl adjacent to an activating group) is 1. The van der Waals surface area contributed by atoms with Crippen molar-refractivity contribution in [3.8, 4) is 11.5 Å². The van der Waals surface area contributed by atoms with Crippen LogP contribution in [0.15, 0.2) is 58.5 Å². The predicted molar refractivity (Wildman–Crippen MR) is 111 cm³/mol. The highest BCUT2D eigenvalue weighted by molar-refractivity contribution is 7.89. The van der Waals surface area contributed by atoms with E-state index in [1.54, 1.807) is 57.4 Å². The SMILES string of the molecule is CCOc1ccc(S(=O)(=O)N/N=C(\C)c2ccc(OCC(=O)N(C)C)cc2)cc1. The van der Waals surface area contributed by atoms with Gasteiger partial charge in [0.2, 0.25) is 0 Å². The molecule has 0 radical (unpaired) electrons. The molecule has 2 rings (SSSR count). The number of hydrazone groups is 1. The quantitative estimate of drug-likeness (QED) is 0.497. The van der Waals surface area contributed by atoms with Gasteiger partial charge in [-0.25, -0.2) is 0 Å². The monoisotopic (exact) mass is 419 g/mol. The lowest BCUT2D eigenvalue weighted by atomic mass is 10.1. The van der Waals surface area contributed by atoms with Crippen LogP contribution in [0.1, 0.15) is 19.4 Å². The fraction of sp³-hybridized carbons (Fsp3) is 0.300. The normalized spacial score (nSPS) is 11.7. The van der Waals surface area contributed by atoms with Crippen molar-refractivity contribution in [3.05, 3.63) is 54.1 Å². The van der Waals surface area contributed by atoms with Crippen molar-refractivity contribution >= 4 is 21.6 Å². The molecule has 0 aromatic heterocycles. The number of hydrogen-bond donors (Lipinski definition) is 1. The number of hydrogen-bond acceptors (Lipinski definition) is 6. The molecular formula is C20H25N3O5S. The van der Waals surface area contributed by atoms with Crippen molar-refractivity contribution in [3.63, 3.8) is 0 Å². The van der Waals surface area contributed by atoms with Gasteiger partial charge in [0.05, 0.1) is 17.2 Å². The first-order chi connectivity index (χ1) is 13.7. The van der Waals surface area contributed by atoms with Gasteiger partial charge in [0, 0.05) is 14.1 Å². The number of carbonyl (C=O) groups excluding carboxylic acids is 1. The maximum Gasteiger partial charge on any atom is 0.276 e. The maximum atomic E-state index is 12.4. The molecular weight excluding hydrogens is 394 g/mol. The number of sulfonamides is 1. The summed E-state index contributed by atoms with van der Waals surface area (Å²) in [6.45, 7) is 3.99. The van der Waals surface area contributed by atoms with E-state index in [9.17, 15) is 13.2 Å². The zero-order valence-electron chi connectivity index (χ0n) is 16.9. The molecule has 0 aliphatic carbocycles. The summed E-state index contributed by atoms with van der Waals surface area (Å²) in [6.07, 6.45) is 0. The van der Waals surface area contributed by atoms with Gasteiger partial charge in [-0.2, -0.15) is 18.4 Å². The summed E-state index contributed by atoms with van der Waals surface area (Å²) in [5.74, 6) is 0.989. The Morgan fingerprint density at radius 3 is 2.10 bits per heavy atom. The van der Waals surface area contributed by atoms with Gasteiger partial charge in [-0.3, -0.25) is 4.79 Å². The summed E-state index contributed by atoms with van der Waals surface area (Å²) in [7, 11) is -0.478. The zero-order chi connectivity index (χ0) is 21.4. The van der Waals surface area contributed by atoms with Gasteiger partial charge >= 0.3 is 0 Å². The molecule has 2 aromatic carbocycles. The number of nitrogens with one attached hydrogen (secondary N) is 1. The summed E-state index contributed by atoms with van der Waals surface area (Å²) >= 11 is 0. The Bertz CT molecular complexity index is 953. The number of carbonyl (C=O) groups is 1. The van der Waals surface area contributed by atoms with Crippen LogP contribution in [0.4, 0.5) is 0 Å². The largest absolute Gasteiger partial charge is 0.494 e. The van der Waals surface area contributed by atoms with Gasteiger partial charge in [-0.1, -0.05) is 0 Å². The molecule has 0 saturated heterocycles. The summed E-state index contributed by atoms with van der Waals surface area (Å²) in [5, 5.41) is 3.97. The molecule has 0 aliphatic rings. The van der Waals surface area contributed by atoms with E-state index >= 15 is 0 Å². The molecule has 0 saturated carbocycles. The Labute approximate surface area is 171 Å². The van der Waals surface area contributed by atoms with Gasteiger partial charge in [0.1, 0.15) is 11.5 Å². The molecule has 8 nitrogen and oxygen atoms in total. The van der Waals surface area contributed by atoms with Crippen LogP contribution in [-0.4, -0.2) is 52.2 Å². The van der Waals surface area contributed by atoms with Crippen molar-refractivity contribution in [1.29, 1.82) is 0 Å². The molecule has 0 bridgehead atoms. The average Bonchev–Trinajstić information content (AvgIpc) is 2.71. The van der Waals surface area contributed by atoms with E-state index < -0.39 is 10.0 Å². The minimum Gasteiger partial charge on any atom is -0.494 e. The Hall–Kier alpha value is -3.07. The minimum atomic E-state index is -3.79. The average molecular weight is 420 g/mol. The third-order valence-corrected chi connectivity index (χ3v) is 5.14. The van der Waals surface area contributed by atoms with Crippen LogP contribution >= 0.6 is 0 Å². The topological polar surface area (TPSA) is 97.3 Å². The first kappa shape index (κ1) is 22.2. The third-order valence-electron chi connectivity index (χ3n) is 3.91. The maximum absolute atomic E-state index is 12.4. The molecule has 2 aromatic rings. The van der Waals surface area contributed by atoms with Gasteiger partial charge in [-0.15, -0.1) is 0 Å². The second kappa shape index (κ2) is 9.92. The highest BCUT2D eigenvalue weighted by atomic mass is 32.2. The van der Waals surface area contributed by atoms with E-state index in [-0.39, 0.29) is 17.4 Å². The highest BCUT2D eigenvalue weighted by Gasteiger charge is 2.13. The molecule has 156 valence electrons. The van der Waals surface area contributed by atoms with Gasteiger partial charge < -0.3 is 14.4 Å². The molecule has 29 heavy (non-hydrogen) atoms. The molecule has 0 fully saturated rings. The summed E-state index contributed by atoms with van der Waals surface area (Å²) in [4.78, 5) is 15.3. The number of benzene rings is 2. The standard InChI is InChI=1S/C20H25N3O5S/c1-5-27-17-10-12-19(13-11-17)29(25,26)22-21-15(2)16-6-8-18(9-7-16)28-14-20(24)23(3)4/h6-13,22H,5,14H2,1-4H3/b21-15+. The van der Waals surface area contributed by atoms with Crippen LogP contribution in [0.25, 0.3) is 0 Å². The van der Waals surface area contributed by atoms with Crippen LogP contribution in [0.5, 0.6) is 11.5 Å². The summed E-state index contributed by atoms with van der Waals surface area (Å²) < 4.78 is 35.5. The number of amides is 1. The van der Waals surface area contributed by atoms with Crippen molar-refractivity contribution < 1.29 is 22.7 Å². The molecule has 0 spiro atoms. The molecule has 9 heteroatoms. The third kappa shape index (κ3) is 6.49. The lowest BCUT2D eigenvalue weighted by Crippen LogP contribution is -2.27.